The Morgan fingerprint density at radius 2 is 1.84 bits per heavy atom. The SMILES string of the molecule is CCc1nc(C2CCC(C(C)C)CC2)nc(N)c1I. The molecular formula is C15H24IN3. The summed E-state index contributed by atoms with van der Waals surface area (Å²) in [6.07, 6.45) is 5.97. The van der Waals surface area contributed by atoms with Crippen molar-refractivity contribution in [3.63, 3.8) is 0 Å². The Kier molecular flexibility index (Phi) is 5.03. The molecule has 0 amide bonds. The second-order valence-corrected chi connectivity index (χ2v) is 7.02. The molecule has 3 nitrogen and oxygen atoms in total. The van der Waals surface area contributed by atoms with Crippen LogP contribution in [-0.2, 0) is 6.42 Å². The Morgan fingerprint density at radius 3 is 2.37 bits per heavy atom. The number of hydrogen-bond acceptors (Lipinski definition) is 3. The van der Waals surface area contributed by atoms with Crippen molar-refractivity contribution < 1.29 is 0 Å². The van der Waals surface area contributed by atoms with Crippen molar-refractivity contribution in [1.29, 1.82) is 0 Å². The molecule has 2 rings (SSSR count). The van der Waals surface area contributed by atoms with E-state index in [9.17, 15) is 0 Å². The number of nitrogens with zero attached hydrogens (tertiary/aromatic N) is 2. The molecule has 0 radical (unpaired) electrons. The van der Waals surface area contributed by atoms with Crippen LogP contribution in [0.2, 0.25) is 0 Å². The lowest BCUT2D eigenvalue weighted by atomic mass is 9.76. The van der Waals surface area contributed by atoms with E-state index in [1.54, 1.807) is 0 Å². The number of halogens is 1. The molecule has 0 unspecified atom stereocenters. The molecule has 0 aromatic carbocycles. The van der Waals surface area contributed by atoms with E-state index in [0.717, 1.165) is 33.3 Å². The molecule has 2 N–H and O–H groups in total. The van der Waals surface area contributed by atoms with Crippen molar-refractivity contribution in [1.82, 2.24) is 9.97 Å². The number of nitrogen functional groups attached to an aromatic ring is 1. The van der Waals surface area contributed by atoms with Crippen molar-refractivity contribution in [2.45, 2.75) is 58.8 Å². The van der Waals surface area contributed by atoms with Gasteiger partial charge in [0.1, 0.15) is 11.6 Å². The van der Waals surface area contributed by atoms with Gasteiger partial charge in [-0.2, -0.15) is 0 Å². The average Bonchev–Trinajstić information content (AvgIpc) is 2.41. The Labute approximate surface area is 129 Å². The molecule has 0 saturated heterocycles. The minimum atomic E-state index is 0.514. The third kappa shape index (κ3) is 3.38. The first-order chi connectivity index (χ1) is 9.02. The predicted molar refractivity (Wildman–Crippen MR) is 88.1 cm³/mol. The van der Waals surface area contributed by atoms with E-state index in [0.29, 0.717) is 11.7 Å². The zero-order valence-corrected chi connectivity index (χ0v) is 14.3. The van der Waals surface area contributed by atoms with Gasteiger partial charge in [0.15, 0.2) is 0 Å². The molecule has 4 heteroatoms. The van der Waals surface area contributed by atoms with Crippen molar-refractivity contribution in [3.05, 3.63) is 15.1 Å². The van der Waals surface area contributed by atoms with E-state index in [1.165, 1.54) is 25.7 Å². The highest BCUT2D eigenvalue weighted by molar-refractivity contribution is 14.1. The smallest absolute Gasteiger partial charge is 0.140 e. The topological polar surface area (TPSA) is 51.8 Å². The van der Waals surface area contributed by atoms with Crippen LogP contribution in [0.5, 0.6) is 0 Å². The standard InChI is InChI=1S/C15H24IN3/c1-4-12-13(16)14(17)19-15(18-12)11-7-5-10(6-8-11)9(2)3/h9-11H,4-8H2,1-3H3,(H2,17,18,19). The zero-order valence-electron chi connectivity index (χ0n) is 12.1. The van der Waals surface area contributed by atoms with Crippen LogP contribution >= 0.6 is 22.6 Å². The number of aryl methyl sites for hydroxylation is 1. The van der Waals surface area contributed by atoms with Crippen LogP contribution in [-0.4, -0.2) is 9.97 Å². The summed E-state index contributed by atoms with van der Waals surface area (Å²) in [6.45, 7) is 6.79. The maximum absolute atomic E-state index is 6.02. The normalized spacial score (nSPS) is 23.8. The van der Waals surface area contributed by atoms with Crippen LogP contribution in [0, 0.1) is 15.4 Å². The van der Waals surface area contributed by atoms with Gasteiger partial charge in [-0.25, -0.2) is 9.97 Å². The van der Waals surface area contributed by atoms with Crippen LogP contribution in [0.1, 0.15) is 63.9 Å². The molecule has 1 aliphatic rings. The van der Waals surface area contributed by atoms with E-state index < -0.39 is 0 Å². The summed E-state index contributed by atoms with van der Waals surface area (Å²) in [5.41, 5.74) is 7.13. The summed E-state index contributed by atoms with van der Waals surface area (Å²) < 4.78 is 1.03. The molecule has 1 aliphatic carbocycles. The van der Waals surface area contributed by atoms with E-state index in [1.807, 2.05) is 0 Å². The van der Waals surface area contributed by atoms with Crippen LogP contribution in [0.25, 0.3) is 0 Å². The van der Waals surface area contributed by atoms with Gasteiger partial charge in [0, 0.05) is 5.92 Å². The second kappa shape index (κ2) is 6.37. The molecule has 0 spiro atoms. The minimum Gasteiger partial charge on any atom is -0.383 e. The summed E-state index contributed by atoms with van der Waals surface area (Å²) in [4.78, 5) is 9.28. The van der Waals surface area contributed by atoms with Crippen molar-refractivity contribution >= 4 is 28.4 Å². The van der Waals surface area contributed by atoms with Crippen LogP contribution in [0.3, 0.4) is 0 Å². The Morgan fingerprint density at radius 1 is 1.21 bits per heavy atom. The summed E-state index contributed by atoms with van der Waals surface area (Å²) >= 11 is 2.25. The Balaban J connectivity index is 2.13. The van der Waals surface area contributed by atoms with Crippen molar-refractivity contribution in [2.75, 3.05) is 5.73 Å². The second-order valence-electron chi connectivity index (χ2n) is 5.94. The molecule has 0 aliphatic heterocycles. The lowest BCUT2D eigenvalue weighted by Crippen LogP contribution is -2.20. The summed E-state index contributed by atoms with van der Waals surface area (Å²) in [6, 6.07) is 0. The number of rotatable bonds is 3. The Hall–Kier alpha value is -0.390. The van der Waals surface area contributed by atoms with Crippen LogP contribution < -0.4 is 5.73 Å². The highest BCUT2D eigenvalue weighted by atomic mass is 127. The molecular weight excluding hydrogens is 349 g/mol. The van der Waals surface area contributed by atoms with Gasteiger partial charge in [0.05, 0.1) is 9.26 Å². The minimum absolute atomic E-state index is 0.514. The van der Waals surface area contributed by atoms with Crippen LogP contribution in [0.4, 0.5) is 5.82 Å². The van der Waals surface area contributed by atoms with Gasteiger partial charge in [-0.05, 0) is 66.5 Å². The number of anilines is 1. The molecule has 1 saturated carbocycles. The van der Waals surface area contributed by atoms with Gasteiger partial charge in [-0.15, -0.1) is 0 Å². The molecule has 1 aromatic rings. The average molecular weight is 373 g/mol. The lowest BCUT2D eigenvalue weighted by molar-refractivity contribution is 0.254. The fraction of sp³-hybridized carbons (Fsp3) is 0.733. The van der Waals surface area contributed by atoms with Gasteiger partial charge in [-0.3, -0.25) is 0 Å². The molecule has 0 atom stereocenters. The first-order valence-corrected chi connectivity index (χ1v) is 8.42. The van der Waals surface area contributed by atoms with E-state index in [-0.39, 0.29) is 0 Å². The van der Waals surface area contributed by atoms with Crippen LogP contribution in [0.15, 0.2) is 0 Å². The fourth-order valence-electron chi connectivity index (χ4n) is 2.99. The highest BCUT2D eigenvalue weighted by Crippen LogP contribution is 2.38. The summed E-state index contributed by atoms with van der Waals surface area (Å²) in [5.74, 6) is 3.84. The summed E-state index contributed by atoms with van der Waals surface area (Å²) in [5, 5.41) is 0. The molecule has 1 heterocycles. The molecule has 19 heavy (non-hydrogen) atoms. The van der Waals surface area contributed by atoms with E-state index in [4.69, 9.17) is 10.7 Å². The van der Waals surface area contributed by atoms with Crippen molar-refractivity contribution in [2.24, 2.45) is 11.8 Å². The van der Waals surface area contributed by atoms with Gasteiger partial charge >= 0.3 is 0 Å². The molecule has 106 valence electrons. The first kappa shape index (κ1) is 15.0. The third-order valence-corrected chi connectivity index (χ3v) is 5.55. The predicted octanol–water partition coefficient (Wildman–Crippen LogP) is 4.16. The first-order valence-electron chi connectivity index (χ1n) is 7.34. The quantitative estimate of drug-likeness (QED) is 0.810. The van der Waals surface area contributed by atoms with Crippen molar-refractivity contribution in [3.8, 4) is 0 Å². The maximum atomic E-state index is 6.02. The van der Waals surface area contributed by atoms with Gasteiger partial charge in [0.2, 0.25) is 0 Å². The number of nitrogens with two attached hydrogens (primary N) is 1. The fourth-order valence-corrected chi connectivity index (χ4v) is 3.62. The molecule has 1 aromatic heterocycles. The number of hydrogen-bond donors (Lipinski definition) is 1. The van der Waals surface area contributed by atoms with E-state index in [2.05, 4.69) is 48.3 Å². The van der Waals surface area contributed by atoms with Gasteiger partial charge < -0.3 is 5.73 Å². The Bertz CT molecular complexity index is 437. The molecule has 1 fully saturated rings. The summed E-state index contributed by atoms with van der Waals surface area (Å²) in [7, 11) is 0. The largest absolute Gasteiger partial charge is 0.383 e. The third-order valence-electron chi connectivity index (χ3n) is 4.38. The zero-order chi connectivity index (χ0) is 14.0. The van der Waals surface area contributed by atoms with E-state index >= 15 is 0 Å². The van der Waals surface area contributed by atoms with Gasteiger partial charge in [-0.1, -0.05) is 20.8 Å². The lowest BCUT2D eigenvalue weighted by Gasteiger charge is -2.30. The molecule has 0 bridgehead atoms. The highest BCUT2D eigenvalue weighted by Gasteiger charge is 2.26. The number of aromatic nitrogens is 2. The van der Waals surface area contributed by atoms with Gasteiger partial charge in [0.25, 0.3) is 0 Å². The maximum Gasteiger partial charge on any atom is 0.140 e. The monoisotopic (exact) mass is 373 g/mol.